The molecule has 32 heavy (non-hydrogen) atoms. The van der Waals surface area contributed by atoms with Gasteiger partial charge in [-0.2, -0.15) is 0 Å². The molecule has 0 saturated heterocycles. The van der Waals surface area contributed by atoms with E-state index in [0.29, 0.717) is 33.4 Å². The van der Waals surface area contributed by atoms with Crippen LogP contribution in [0.1, 0.15) is 43.0 Å². The Labute approximate surface area is 185 Å². The number of aryl methyl sites for hydroxylation is 2. The van der Waals surface area contributed by atoms with Gasteiger partial charge in [0.15, 0.2) is 11.6 Å². The van der Waals surface area contributed by atoms with Crippen molar-refractivity contribution < 1.29 is 18.4 Å². The van der Waals surface area contributed by atoms with Crippen LogP contribution in [0.25, 0.3) is 11.1 Å². The lowest BCUT2D eigenvalue weighted by molar-refractivity contribution is 0.103. The van der Waals surface area contributed by atoms with Crippen molar-refractivity contribution in [2.45, 2.75) is 13.8 Å². The summed E-state index contributed by atoms with van der Waals surface area (Å²) in [5, 5.41) is 0. The van der Waals surface area contributed by atoms with Gasteiger partial charge in [-0.05, 0) is 91.2 Å². The average molecular weight is 426 g/mol. The van der Waals surface area contributed by atoms with E-state index in [1.807, 2.05) is 38.1 Å². The molecule has 0 radical (unpaired) electrons. The molecule has 0 bridgehead atoms. The lowest BCUT2D eigenvalue weighted by Crippen LogP contribution is -2.06. The Hall–Kier alpha value is -3.92. The number of hydrogen-bond donors (Lipinski definition) is 0. The van der Waals surface area contributed by atoms with Crippen molar-refractivity contribution in [3.05, 3.63) is 130 Å². The van der Waals surface area contributed by atoms with Crippen LogP contribution in [0.2, 0.25) is 0 Å². The standard InChI is InChI=1S/C28H20F2O2/c1-17-3-14-24(26(15-17)28(32)20-8-12-23(30)13-9-20)21-5-4-18(2)25(16-21)27(31)19-6-10-22(29)11-7-19/h3-16H,1-2H3. The second-order valence-electron chi connectivity index (χ2n) is 7.75. The van der Waals surface area contributed by atoms with Crippen molar-refractivity contribution in [1.29, 1.82) is 0 Å². The van der Waals surface area contributed by atoms with Crippen molar-refractivity contribution in [2.75, 3.05) is 0 Å². The summed E-state index contributed by atoms with van der Waals surface area (Å²) in [5.74, 6) is -1.26. The Kier molecular flexibility index (Phi) is 5.78. The fraction of sp³-hybridized carbons (Fsp3) is 0.0714. The Morgan fingerprint density at radius 3 is 1.69 bits per heavy atom. The second-order valence-corrected chi connectivity index (χ2v) is 7.75. The van der Waals surface area contributed by atoms with E-state index in [-0.39, 0.29) is 11.6 Å². The van der Waals surface area contributed by atoms with Crippen LogP contribution in [0, 0.1) is 25.5 Å². The molecule has 4 aromatic rings. The van der Waals surface area contributed by atoms with Crippen LogP contribution in [0.5, 0.6) is 0 Å². The Morgan fingerprint density at radius 1 is 0.594 bits per heavy atom. The third-order valence-electron chi connectivity index (χ3n) is 5.43. The summed E-state index contributed by atoms with van der Waals surface area (Å²) in [7, 11) is 0. The highest BCUT2D eigenvalue weighted by atomic mass is 19.1. The van der Waals surface area contributed by atoms with Crippen LogP contribution in [0.15, 0.2) is 84.9 Å². The van der Waals surface area contributed by atoms with Crippen LogP contribution in [0.3, 0.4) is 0 Å². The molecule has 0 atom stereocenters. The average Bonchev–Trinajstić information content (AvgIpc) is 2.79. The lowest BCUT2D eigenvalue weighted by Gasteiger charge is -2.13. The zero-order chi connectivity index (χ0) is 22.8. The van der Waals surface area contributed by atoms with E-state index in [1.165, 1.54) is 48.5 Å². The zero-order valence-electron chi connectivity index (χ0n) is 17.7. The number of carbonyl (C=O) groups is 2. The van der Waals surface area contributed by atoms with E-state index in [9.17, 15) is 18.4 Å². The van der Waals surface area contributed by atoms with Crippen molar-refractivity contribution in [3.8, 4) is 11.1 Å². The van der Waals surface area contributed by atoms with E-state index < -0.39 is 11.6 Å². The van der Waals surface area contributed by atoms with Gasteiger partial charge >= 0.3 is 0 Å². The van der Waals surface area contributed by atoms with Gasteiger partial charge in [0.25, 0.3) is 0 Å². The summed E-state index contributed by atoms with van der Waals surface area (Å²) in [6.45, 7) is 3.73. The summed E-state index contributed by atoms with van der Waals surface area (Å²) in [6.07, 6.45) is 0. The highest BCUT2D eigenvalue weighted by Crippen LogP contribution is 2.29. The first-order chi connectivity index (χ1) is 15.3. The van der Waals surface area contributed by atoms with Gasteiger partial charge in [0.1, 0.15) is 11.6 Å². The van der Waals surface area contributed by atoms with E-state index in [0.717, 1.165) is 11.1 Å². The number of carbonyl (C=O) groups excluding carboxylic acids is 2. The second kappa shape index (κ2) is 8.67. The molecule has 0 fully saturated rings. The van der Waals surface area contributed by atoms with Gasteiger partial charge in [-0.15, -0.1) is 0 Å². The number of hydrogen-bond acceptors (Lipinski definition) is 2. The molecule has 0 aliphatic heterocycles. The number of halogens is 2. The van der Waals surface area contributed by atoms with Crippen LogP contribution < -0.4 is 0 Å². The first-order valence-electron chi connectivity index (χ1n) is 10.2. The molecule has 0 amide bonds. The maximum absolute atomic E-state index is 13.3. The molecule has 0 N–H and O–H groups in total. The van der Waals surface area contributed by atoms with Crippen LogP contribution >= 0.6 is 0 Å². The molecule has 0 aliphatic carbocycles. The Bertz CT molecular complexity index is 1320. The molecule has 0 aliphatic rings. The SMILES string of the molecule is Cc1ccc(-c2ccc(C)c(C(=O)c3ccc(F)cc3)c2)c(C(=O)c2ccc(F)cc2)c1. The van der Waals surface area contributed by atoms with Gasteiger partial charge in [-0.3, -0.25) is 9.59 Å². The molecule has 0 heterocycles. The fourth-order valence-electron chi connectivity index (χ4n) is 3.65. The van der Waals surface area contributed by atoms with Crippen LogP contribution in [-0.4, -0.2) is 11.6 Å². The summed E-state index contributed by atoms with van der Waals surface area (Å²) in [6, 6.07) is 21.9. The van der Waals surface area contributed by atoms with Crippen molar-refractivity contribution in [1.82, 2.24) is 0 Å². The number of ketones is 2. The maximum atomic E-state index is 13.3. The minimum absolute atomic E-state index is 0.220. The molecule has 0 spiro atoms. The molecule has 0 unspecified atom stereocenters. The molecular formula is C28H20F2O2. The van der Waals surface area contributed by atoms with E-state index in [1.54, 1.807) is 12.1 Å². The molecule has 4 aromatic carbocycles. The molecule has 0 aromatic heterocycles. The molecule has 158 valence electrons. The summed E-state index contributed by atoms with van der Waals surface area (Å²) >= 11 is 0. The predicted octanol–water partition coefficient (Wildman–Crippen LogP) is 6.71. The van der Waals surface area contributed by atoms with Gasteiger partial charge in [0.2, 0.25) is 0 Å². The van der Waals surface area contributed by atoms with Crippen LogP contribution in [-0.2, 0) is 0 Å². The first-order valence-corrected chi connectivity index (χ1v) is 10.2. The number of benzene rings is 4. The molecule has 2 nitrogen and oxygen atoms in total. The first kappa shape index (κ1) is 21.3. The minimum Gasteiger partial charge on any atom is -0.289 e. The molecule has 4 rings (SSSR count). The van der Waals surface area contributed by atoms with Gasteiger partial charge in [-0.1, -0.05) is 29.8 Å². The van der Waals surface area contributed by atoms with Gasteiger partial charge < -0.3 is 0 Å². The lowest BCUT2D eigenvalue weighted by atomic mass is 9.89. The Balaban J connectivity index is 1.80. The fourth-order valence-corrected chi connectivity index (χ4v) is 3.65. The zero-order valence-corrected chi connectivity index (χ0v) is 17.7. The number of rotatable bonds is 5. The maximum Gasteiger partial charge on any atom is 0.193 e. The highest BCUT2D eigenvalue weighted by molar-refractivity contribution is 6.14. The van der Waals surface area contributed by atoms with Crippen LogP contribution in [0.4, 0.5) is 8.78 Å². The third-order valence-corrected chi connectivity index (χ3v) is 5.43. The monoisotopic (exact) mass is 426 g/mol. The van der Waals surface area contributed by atoms with Gasteiger partial charge in [-0.25, -0.2) is 8.78 Å². The third kappa shape index (κ3) is 4.26. The van der Waals surface area contributed by atoms with Crippen molar-refractivity contribution in [3.63, 3.8) is 0 Å². The highest BCUT2D eigenvalue weighted by Gasteiger charge is 2.18. The summed E-state index contributed by atoms with van der Waals surface area (Å²) < 4.78 is 26.6. The quantitative estimate of drug-likeness (QED) is 0.332. The molecular weight excluding hydrogens is 406 g/mol. The van der Waals surface area contributed by atoms with E-state index in [2.05, 4.69) is 0 Å². The summed E-state index contributed by atoms with van der Waals surface area (Å²) in [4.78, 5) is 26.3. The van der Waals surface area contributed by atoms with Crippen molar-refractivity contribution in [2.24, 2.45) is 0 Å². The smallest absolute Gasteiger partial charge is 0.193 e. The summed E-state index contributed by atoms with van der Waals surface area (Å²) in [5.41, 5.74) is 4.81. The molecule has 4 heteroatoms. The van der Waals surface area contributed by atoms with E-state index in [4.69, 9.17) is 0 Å². The normalized spacial score (nSPS) is 10.8. The predicted molar refractivity (Wildman–Crippen MR) is 121 cm³/mol. The Morgan fingerprint density at radius 2 is 1.12 bits per heavy atom. The minimum atomic E-state index is -0.409. The van der Waals surface area contributed by atoms with Crippen molar-refractivity contribution >= 4 is 11.6 Å². The largest absolute Gasteiger partial charge is 0.289 e. The van der Waals surface area contributed by atoms with Gasteiger partial charge in [0, 0.05) is 22.3 Å². The topological polar surface area (TPSA) is 34.1 Å². The molecule has 0 saturated carbocycles. The van der Waals surface area contributed by atoms with Gasteiger partial charge in [0.05, 0.1) is 0 Å². The van der Waals surface area contributed by atoms with E-state index >= 15 is 0 Å².